The van der Waals surface area contributed by atoms with E-state index in [1.807, 2.05) is 4.90 Å². The summed E-state index contributed by atoms with van der Waals surface area (Å²) in [7, 11) is 0. The van der Waals surface area contributed by atoms with Crippen molar-refractivity contribution in [3.05, 3.63) is 87.7 Å². The van der Waals surface area contributed by atoms with Crippen LogP contribution >= 0.6 is 0 Å². The fourth-order valence-electron chi connectivity index (χ4n) is 3.38. The number of piperazine rings is 1. The van der Waals surface area contributed by atoms with Crippen LogP contribution in [-0.4, -0.2) is 46.8 Å². The molecular weight excluding hydrogens is 390 g/mol. The van der Waals surface area contributed by atoms with Crippen LogP contribution in [0.15, 0.2) is 59.4 Å². The number of rotatable bonds is 3. The number of halogens is 2. The van der Waals surface area contributed by atoms with E-state index in [1.165, 1.54) is 41.1 Å². The first-order chi connectivity index (χ1) is 14.4. The van der Waals surface area contributed by atoms with Gasteiger partial charge in [0.2, 0.25) is 0 Å². The van der Waals surface area contributed by atoms with Gasteiger partial charge in [0.05, 0.1) is 5.69 Å². The van der Waals surface area contributed by atoms with Gasteiger partial charge in [0.1, 0.15) is 17.5 Å². The molecule has 1 fully saturated rings. The molecule has 0 atom stereocenters. The summed E-state index contributed by atoms with van der Waals surface area (Å²) in [6, 6.07) is 13.1. The van der Waals surface area contributed by atoms with E-state index in [1.54, 1.807) is 30.0 Å². The van der Waals surface area contributed by atoms with E-state index in [0.717, 1.165) is 0 Å². The smallest absolute Gasteiger partial charge is 0.271 e. The maximum absolute atomic E-state index is 13.8. The van der Waals surface area contributed by atoms with Gasteiger partial charge in [-0.15, -0.1) is 5.10 Å². The zero-order chi connectivity index (χ0) is 21.3. The van der Waals surface area contributed by atoms with Crippen molar-refractivity contribution in [1.29, 1.82) is 0 Å². The van der Waals surface area contributed by atoms with Crippen LogP contribution < -0.4 is 10.5 Å². The molecule has 0 N–H and O–H groups in total. The van der Waals surface area contributed by atoms with E-state index in [-0.39, 0.29) is 11.5 Å². The summed E-state index contributed by atoms with van der Waals surface area (Å²) >= 11 is 0. The van der Waals surface area contributed by atoms with Crippen molar-refractivity contribution < 1.29 is 13.6 Å². The van der Waals surface area contributed by atoms with Gasteiger partial charge in [-0.1, -0.05) is 6.07 Å². The summed E-state index contributed by atoms with van der Waals surface area (Å²) in [5.41, 5.74) is 0.979. The van der Waals surface area contributed by atoms with Gasteiger partial charge in [0, 0.05) is 37.8 Å². The Kier molecular flexibility index (Phi) is 5.31. The van der Waals surface area contributed by atoms with Gasteiger partial charge in [-0.25, -0.2) is 8.78 Å². The van der Waals surface area contributed by atoms with Gasteiger partial charge in [-0.2, -0.15) is 4.68 Å². The third kappa shape index (κ3) is 3.94. The van der Waals surface area contributed by atoms with Crippen molar-refractivity contribution >= 4 is 11.7 Å². The minimum atomic E-state index is -0.397. The first-order valence-corrected chi connectivity index (χ1v) is 9.59. The summed E-state index contributed by atoms with van der Waals surface area (Å²) in [6.45, 7) is 3.60. The highest BCUT2D eigenvalue weighted by Gasteiger charge is 2.24. The molecule has 1 aliphatic heterocycles. The van der Waals surface area contributed by atoms with Crippen LogP contribution in [0.5, 0.6) is 0 Å². The Bertz CT molecular complexity index is 1140. The number of amides is 1. The molecule has 1 aliphatic rings. The van der Waals surface area contributed by atoms with Gasteiger partial charge in [0.15, 0.2) is 0 Å². The molecule has 0 spiro atoms. The molecule has 1 amide bonds. The molecule has 0 saturated carbocycles. The summed E-state index contributed by atoms with van der Waals surface area (Å²) < 4.78 is 28.2. The number of aromatic nitrogens is 2. The highest BCUT2D eigenvalue weighted by Crippen LogP contribution is 2.17. The molecule has 8 heteroatoms. The van der Waals surface area contributed by atoms with E-state index in [2.05, 4.69) is 5.10 Å². The van der Waals surface area contributed by atoms with Crippen LogP contribution in [0, 0.1) is 18.6 Å². The van der Waals surface area contributed by atoms with Gasteiger partial charge >= 0.3 is 0 Å². The molecule has 0 unspecified atom stereocenters. The quantitative estimate of drug-likeness (QED) is 0.666. The predicted octanol–water partition coefficient (Wildman–Crippen LogP) is 2.78. The topological polar surface area (TPSA) is 58.4 Å². The predicted molar refractivity (Wildman–Crippen MR) is 109 cm³/mol. The lowest BCUT2D eigenvalue weighted by Gasteiger charge is -2.35. The maximum Gasteiger partial charge on any atom is 0.271 e. The zero-order valence-corrected chi connectivity index (χ0v) is 16.4. The molecule has 0 aliphatic carbocycles. The third-order valence-electron chi connectivity index (χ3n) is 5.17. The van der Waals surface area contributed by atoms with Crippen molar-refractivity contribution in [3.63, 3.8) is 0 Å². The number of benzene rings is 2. The monoisotopic (exact) mass is 410 g/mol. The summed E-state index contributed by atoms with van der Waals surface area (Å²) in [5, 5.41) is 4.40. The van der Waals surface area contributed by atoms with E-state index in [0.29, 0.717) is 48.8 Å². The van der Waals surface area contributed by atoms with Gasteiger partial charge in [0.25, 0.3) is 11.5 Å². The minimum Gasteiger partial charge on any atom is -0.352 e. The minimum absolute atomic E-state index is 0.210. The fourth-order valence-corrected chi connectivity index (χ4v) is 3.38. The Morgan fingerprint density at radius 1 is 0.933 bits per heavy atom. The van der Waals surface area contributed by atoms with E-state index in [9.17, 15) is 18.4 Å². The molecule has 154 valence electrons. The fraction of sp³-hybridized carbons (Fsp3) is 0.227. The largest absolute Gasteiger partial charge is 0.352 e. The van der Waals surface area contributed by atoms with E-state index in [4.69, 9.17) is 0 Å². The summed E-state index contributed by atoms with van der Waals surface area (Å²) in [4.78, 5) is 28.5. The molecule has 2 heterocycles. The number of carbonyl (C=O) groups excluding carboxylic acids is 1. The van der Waals surface area contributed by atoms with Crippen molar-refractivity contribution in [2.75, 3.05) is 31.1 Å². The first kappa shape index (κ1) is 19.8. The van der Waals surface area contributed by atoms with Crippen LogP contribution in [0.3, 0.4) is 0 Å². The highest BCUT2D eigenvalue weighted by molar-refractivity contribution is 5.94. The Hall–Kier alpha value is -3.55. The lowest BCUT2D eigenvalue weighted by molar-refractivity contribution is 0.0746. The van der Waals surface area contributed by atoms with Crippen LogP contribution in [0.4, 0.5) is 14.6 Å². The van der Waals surface area contributed by atoms with Gasteiger partial charge in [-0.05, 0) is 55.0 Å². The Balaban J connectivity index is 1.48. The zero-order valence-electron chi connectivity index (χ0n) is 16.4. The summed E-state index contributed by atoms with van der Waals surface area (Å²) in [6.07, 6.45) is 0. The van der Waals surface area contributed by atoms with E-state index < -0.39 is 11.6 Å². The molecule has 6 nitrogen and oxygen atoms in total. The average Bonchev–Trinajstić information content (AvgIpc) is 2.76. The average molecular weight is 410 g/mol. The SMILES string of the molecule is Cc1ccc(C(=O)N2CCN(c3ccc(=O)n(-c4ccc(F)cc4)n3)CC2)cc1F. The van der Waals surface area contributed by atoms with Crippen LogP contribution in [0.1, 0.15) is 15.9 Å². The Morgan fingerprint density at radius 3 is 2.30 bits per heavy atom. The lowest BCUT2D eigenvalue weighted by Crippen LogP contribution is -2.49. The maximum atomic E-state index is 13.8. The number of hydrogen-bond acceptors (Lipinski definition) is 4. The van der Waals surface area contributed by atoms with Crippen LogP contribution in [-0.2, 0) is 0 Å². The number of aryl methyl sites for hydroxylation is 1. The van der Waals surface area contributed by atoms with E-state index >= 15 is 0 Å². The van der Waals surface area contributed by atoms with Gasteiger partial charge < -0.3 is 9.80 Å². The summed E-state index contributed by atoms with van der Waals surface area (Å²) in [5.74, 6) is -0.408. The number of hydrogen-bond donors (Lipinski definition) is 0. The second kappa shape index (κ2) is 8.06. The number of nitrogens with zero attached hydrogens (tertiary/aromatic N) is 4. The van der Waals surface area contributed by atoms with Crippen molar-refractivity contribution in [2.24, 2.45) is 0 Å². The van der Waals surface area contributed by atoms with Crippen LogP contribution in [0.25, 0.3) is 5.69 Å². The Labute approximate surface area is 172 Å². The molecule has 0 bridgehead atoms. The van der Waals surface area contributed by atoms with Crippen molar-refractivity contribution in [1.82, 2.24) is 14.7 Å². The van der Waals surface area contributed by atoms with Crippen molar-refractivity contribution in [3.8, 4) is 5.69 Å². The van der Waals surface area contributed by atoms with Crippen molar-refractivity contribution in [2.45, 2.75) is 6.92 Å². The molecule has 30 heavy (non-hydrogen) atoms. The normalized spacial score (nSPS) is 14.1. The molecule has 2 aromatic carbocycles. The highest BCUT2D eigenvalue weighted by atomic mass is 19.1. The molecule has 3 aromatic rings. The second-order valence-electron chi connectivity index (χ2n) is 7.16. The number of anilines is 1. The second-order valence-corrected chi connectivity index (χ2v) is 7.16. The molecular formula is C22H20F2N4O2. The van der Waals surface area contributed by atoms with Crippen LogP contribution in [0.2, 0.25) is 0 Å². The standard InChI is InChI=1S/C22H20F2N4O2/c1-15-2-3-16(14-19(15)24)22(30)27-12-10-26(11-13-27)20-8-9-21(29)28(25-20)18-6-4-17(23)5-7-18/h2-9,14H,10-13H2,1H3. The molecule has 0 radical (unpaired) electrons. The third-order valence-corrected chi connectivity index (χ3v) is 5.17. The molecule has 4 rings (SSSR count). The lowest BCUT2D eigenvalue weighted by atomic mass is 10.1. The first-order valence-electron chi connectivity index (χ1n) is 9.59. The molecule has 1 saturated heterocycles. The van der Waals surface area contributed by atoms with Gasteiger partial charge in [-0.3, -0.25) is 9.59 Å². The number of carbonyl (C=O) groups is 1. The molecule has 1 aromatic heterocycles. The Morgan fingerprint density at radius 2 is 1.63 bits per heavy atom.